The van der Waals surface area contributed by atoms with Gasteiger partial charge in [-0.1, -0.05) is 12.2 Å². The van der Waals surface area contributed by atoms with Crippen LogP contribution in [0.5, 0.6) is 17.2 Å². The zero-order valence-electron chi connectivity index (χ0n) is 21.1. The lowest BCUT2D eigenvalue weighted by atomic mass is 9.76. The predicted octanol–water partition coefficient (Wildman–Crippen LogP) is 1.77. The Balaban J connectivity index is 1.38. The minimum atomic E-state index is -1.15. The zero-order valence-corrected chi connectivity index (χ0v) is 21.1. The monoisotopic (exact) mass is 525 g/mol. The van der Waals surface area contributed by atoms with Crippen molar-refractivity contribution in [2.24, 2.45) is 11.8 Å². The van der Waals surface area contributed by atoms with Crippen molar-refractivity contribution in [3.63, 3.8) is 0 Å². The first kappa shape index (κ1) is 26.5. The second-order valence-electron chi connectivity index (χ2n) is 8.86. The van der Waals surface area contributed by atoms with E-state index >= 15 is 0 Å². The Labute approximate surface area is 217 Å². The minimum Gasteiger partial charge on any atom is -0.493 e. The van der Waals surface area contributed by atoms with Crippen LogP contribution in [0.2, 0.25) is 0 Å². The molecule has 2 bridgehead atoms. The SMILES string of the molecule is COc1cc(C(=O)Nc2ccc(C(=O)NNC(=O)[C@H]3[C@@H](C(=O)O)[C@H]4C=C[C@@]3(C)O4)cc2)cc(OC)c1OC. The maximum atomic E-state index is 12.8. The molecule has 38 heavy (non-hydrogen) atoms. The highest BCUT2D eigenvalue weighted by molar-refractivity contribution is 6.05. The highest BCUT2D eigenvalue weighted by atomic mass is 16.5. The van der Waals surface area contributed by atoms with Crippen LogP contribution >= 0.6 is 0 Å². The summed E-state index contributed by atoms with van der Waals surface area (Å²) in [7, 11) is 4.34. The molecule has 2 aromatic rings. The van der Waals surface area contributed by atoms with E-state index in [-0.39, 0.29) is 11.1 Å². The molecule has 0 radical (unpaired) electrons. The highest BCUT2D eigenvalue weighted by Gasteiger charge is 2.59. The van der Waals surface area contributed by atoms with Crippen molar-refractivity contribution >= 4 is 29.4 Å². The molecule has 4 rings (SSSR count). The minimum absolute atomic E-state index is 0.196. The van der Waals surface area contributed by atoms with Gasteiger partial charge in [0.2, 0.25) is 11.7 Å². The van der Waals surface area contributed by atoms with Gasteiger partial charge in [0.15, 0.2) is 11.5 Å². The molecule has 2 aliphatic rings. The molecule has 0 saturated carbocycles. The Morgan fingerprint density at radius 3 is 2.08 bits per heavy atom. The van der Waals surface area contributed by atoms with Crippen LogP contribution < -0.4 is 30.4 Å². The number of ether oxygens (including phenoxy) is 4. The molecule has 12 nitrogen and oxygen atoms in total. The molecule has 0 unspecified atom stereocenters. The van der Waals surface area contributed by atoms with E-state index in [1.54, 1.807) is 19.1 Å². The van der Waals surface area contributed by atoms with Crippen molar-refractivity contribution < 1.29 is 43.2 Å². The molecule has 0 spiro atoms. The number of hydrogen-bond donors (Lipinski definition) is 4. The third-order valence-corrected chi connectivity index (χ3v) is 6.54. The standard InChI is InChI=1S/C26H27N3O9/c1-26-10-9-16(38-26)19(25(33)34)20(26)24(32)29-28-23(31)13-5-7-15(8-6-13)27-22(30)14-11-17(35-2)21(37-4)18(12-14)36-3/h5-12,16,19-20H,1-4H3,(H,27,30)(H,28,31)(H,29,32)(H,33,34)/t16-,19+,20-,26-/m1/s1. The molecule has 1 fully saturated rings. The molecule has 3 amide bonds. The van der Waals surface area contributed by atoms with Crippen LogP contribution in [0.1, 0.15) is 27.6 Å². The lowest BCUT2D eigenvalue weighted by Gasteiger charge is -2.27. The van der Waals surface area contributed by atoms with E-state index in [1.807, 2.05) is 0 Å². The van der Waals surface area contributed by atoms with Crippen LogP contribution in [0.25, 0.3) is 0 Å². The summed E-state index contributed by atoms with van der Waals surface area (Å²) in [5, 5.41) is 12.3. The van der Waals surface area contributed by atoms with Crippen molar-refractivity contribution in [2.75, 3.05) is 26.6 Å². The molecule has 2 aromatic carbocycles. The lowest BCUT2D eigenvalue weighted by Crippen LogP contribution is -2.52. The third-order valence-electron chi connectivity index (χ3n) is 6.54. The second-order valence-corrected chi connectivity index (χ2v) is 8.86. The van der Waals surface area contributed by atoms with Gasteiger partial charge in [0.1, 0.15) is 5.92 Å². The lowest BCUT2D eigenvalue weighted by molar-refractivity contribution is -0.147. The molecule has 12 heteroatoms. The van der Waals surface area contributed by atoms with Gasteiger partial charge in [0.25, 0.3) is 11.8 Å². The van der Waals surface area contributed by atoms with Crippen LogP contribution in [0.15, 0.2) is 48.6 Å². The number of benzene rings is 2. The van der Waals surface area contributed by atoms with Crippen LogP contribution in [0, 0.1) is 11.8 Å². The van der Waals surface area contributed by atoms with E-state index in [0.29, 0.717) is 22.9 Å². The van der Waals surface area contributed by atoms with Crippen LogP contribution in [-0.4, -0.2) is 61.8 Å². The first-order valence-corrected chi connectivity index (χ1v) is 11.5. The number of carbonyl (C=O) groups excluding carboxylic acids is 3. The Kier molecular flexibility index (Phi) is 7.26. The van der Waals surface area contributed by atoms with Crippen molar-refractivity contribution in [1.29, 1.82) is 0 Å². The molecule has 200 valence electrons. The number of aliphatic carboxylic acids is 1. The number of nitrogens with one attached hydrogen (secondary N) is 3. The van der Waals surface area contributed by atoms with Gasteiger partial charge >= 0.3 is 5.97 Å². The van der Waals surface area contributed by atoms with E-state index in [0.717, 1.165) is 0 Å². The van der Waals surface area contributed by atoms with Crippen LogP contribution in [0.4, 0.5) is 5.69 Å². The van der Waals surface area contributed by atoms with Gasteiger partial charge in [0.05, 0.1) is 39.0 Å². The largest absolute Gasteiger partial charge is 0.493 e. The summed E-state index contributed by atoms with van der Waals surface area (Å²) in [5.74, 6) is -3.97. The number of carboxylic acid groups (broad SMARTS) is 1. The van der Waals surface area contributed by atoms with Crippen LogP contribution in [0.3, 0.4) is 0 Å². The number of amides is 3. The number of rotatable bonds is 8. The summed E-state index contributed by atoms with van der Waals surface area (Å²) in [5.41, 5.74) is 4.39. The maximum Gasteiger partial charge on any atom is 0.310 e. The summed E-state index contributed by atoms with van der Waals surface area (Å²) in [4.78, 5) is 49.8. The quantitative estimate of drug-likeness (QED) is 0.297. The average Bonchev–Trinajstić information content (AvgIpc) is 3.44. The molecule has 1 saturated heterocycles. The fourth-order valence-electron chi connectivity index (χ4n) is 4.67. The number of hydrogen-bond acceptors (Lipinski definition) is 8. The van der Waals surface area contributed by atoms with Crippen molar-refractivity contribution in [1.82, 2.24) is 10.9 Å². The molecule has 0 aromatic heterocycles. The third kappa shape index (κ3) is 4.85. The van der Waals surface area contributed by atoms with Crippen LogP contribution in [-0.2, 0) is 14.3 Å². The summed E-state index contributed by atoms with van der Waals surface area (Å²) in [6.45, 7) is 1.63. The summed E-state index contributed by atoms with van der Waals surface area (Å²) in [6, 6.07) is 8.96. The number of carboxylic acids is 1. The van der Waals surface area contributed by atoms with E-state index in [9.17, 15) is 24.3 Å². The molecule has 2 aliphatic heterocycles. The van der Waals surface area contributed by atoms with Gasteiger partial charge in [0, 0.05) is 16.8 Å². The Morgan fingerprint density at radius 1 is 0.895 bits per heavy atom. The Hall–Kier alpha value is -4.58. The van der Waals surface area contributed by atoms with E-state index < -0.39 is 47.2 Å². The molecular weight excluding hydrogens is 498 g/mol. The van der Waals surface area contributed by atoms with E-state index in [2.05, 4.69) is 16.2 Å². The molecule has 4 atom stereocenters. The van der Waals surface area contributed by atoms with Gasteiger partial charge in [-0.2, -0.15) is 0 Å². The highest BCUT2D eigenvalue weighted by Crippen LogP contribution is 2.47. The normalized spacial score (nSPS) is 22.9. The van der Waals surface area contributed by atoms with E-state index in [1.165, 1.54) is 57.7 Å². The van der Waals surface area contributed by atoms with Gasteiger partial charge in [-0.05, 0) is 43.3 Å². The van der Waals surface area contributed by atoms with Gasteiger partial charge < -0.3 is 29.4 Å². The summed E-state index contributed by atoms with van der Waals surface area (Å²) < 4.78 is 21.5. The summed E-state index contributed by atoms with van der Waals surface area (Å²) >= 11 is 0. The Bertz CT molecular complexity index is 1280. The fraction of sp³-hybridized carbons (Fsp3) is 0.308. The first-order chi connectivity index (χ1) is 18.1. The van der Waals surface area contributed by atoms with Gasteiger partial charge in [-0.3, -0.25) is 30.0 Å². The number of hydrazine groups is 1. The van der Waals surface area contributed by atoms with Crippen molar-refractivity contribution in [2.45, 2.75) is 18.6 Å². The Morgan fingerprint density at radius 2 is 1.53 bits per heavy atom. The molecule has 2 heterocycles. The second kappa shape index (κ2) is 10.4. The number of carbonyl (C=O) groups is 4. The first-order valence-electron chi connectivity index (χ1n) is 11.5. The maximum absolute atomic E-state index is 12.8. The zero-order chi connectivity index (χ0) is 27.6. The number of fused-ring (bicyclic) bond motifs is 2. The predicted molar refractivity (Wildman–Crippen MR) is 133 cm³/mol. The van der Waals surface area contributed by atoms with E-state index in [4.69, 9.17) is 18.9 Å². The molecule has 4 N–H and O–H groups in total. The smallest absolute Gasteiger partial charge is 0.310 e. The number of anilines is 1. The van der Waals surface area contributed by atoms with Gasteiger partial charge in [-0.25, -0.2) is 0 Å². The van der Waals surface area contributed by atoms with Crippen molar-refractivity contribution in [3.05, 3.63) is 59.7 Å². The van der Waals surface area contributed by atoms with Crippen molar-refractivity contribution in [3.8, 4) is 17.2 Å². The summed E-state index contributed by atoms with van der Waals surface area (Å²) in [6.07, 6.45) is 2.59. The fourth-order valence-corrected chi connectivity index (χ4v) is 4.67. The topological polar surface area (TPSA) is 162 Å². The number of methoxy groups -OCH3 is 3. The average molecular weight is 526 g/mol. The molecular formula is C26H27N3O9. The molecule has 0 aliphatic carbocycles. The van der Waals surface area contributed by atoms with Gasteiger partial charge in [-0.15, -0.1) is 0 Å².